The summed E-state index contributed by atoms with van der Waals surface area (Å²) < 4.78 is 18.5. The van der Waals surface area contributed by atoms with Crippen molar-refractivity contribution in [2.45, 2.75) is 38.8 Å². The molecule has 1 aromatic heterocycles. The van der Waals surface area contributed by atoms with E-state index in [1.807, 2.05) is 0 Å². The van der Waals surface area contributed by atoms with Crippen LogP contribution in [0.4, 0.5) is 9.18 Å². The minimum Gasteiger partial charge on any atom is -0.444 e. The van der Waals surface area contributed by atoms with Gasteiger partial charge in [-0.15, -0.1) is 0 Å². The SMILES string of the molecule is CC(C)(C)OC(=O)NC(CN)Cc1cccnc1F. The van der Waals surface area contributed by atoms with Gasteiger partial charge in [0.2, 0.25) is 5.95 Å². The molecule has 0 spiro atoms. The number of carbonyl (C=O) groups excluding carboxylic acids is 1. The summed E-state index contributed by atoms with van der Waals surface area (Å²) in [4.78, 5) is 15.2. The summed E-state index contributed by atoms with van der Waals surface area (Å²) >= 11 is 0. The van der Waals surface area contributed by atoms with Crippen LogP contribution in [0.3, 0.4) is 0 Å². The van der Waals surface area contributed by atoms with Crippen molar-refractivity contribution in [1.29, 1.82) is 0 Å². The summed E-state index contributed by atoms with van der Waals surface area (Å²) in [5, 5.41) is 2.62. The van der Waals surface area contributed by atoms with E-state index >= 15 is 0 Å². The minimum absolute atomic E-state index is 0.188. The van der Waals surface area contributed by atoms with E-state index in [0.29, 0.717) is 5.56 Å². The molecule has 0 aromatic carbocycles. The first-order chi connectivity index (χ1) is 8.81. The van der Waals surface area contributed by atoms with Crippen molar-refractivity contribution < 1.29 is 13.9 Å². The number of nitrogens with zero attached hydrogens (tertiary/aromatic N) is 1. The first-order valence-corrected chi connectivity index (χ1v) is 6.11. The Kier molecular flexibility index (Phi) is 5.23. The lowest BCUT2D eigenvalue weighted by Crippen LogP contribution is -2.44. The third-order valence-electron chi connectivity index (χ3n) is 2.31. The van der Waals surface area contributed by atoms with Gasteiger partial charge in [-0.25, -0.2) is 9.78 Å². The first kappa shape index (κ1) is 15.4. The molecule has 19 heavy (non-hydrogen) atoms. The van der Waals surface area contributed by atoms with Crippen LogP contribution < -0.4 is 11.1 Å². The van der Waals surface area contributed by atoms with E-state index in [9.17, 15) is 9.18 Å². The standard InChI is InChI=1S/C13H20FN3O2/c1-13(2,3)19-12(18)17-10(8-15)7-9-5-4-6-16-11(9)14/h4-6,10H,7-8,15H2,1-3H3,(H,17,18). The molecule has 0 saturated carbocycles. The molecule has 0 aliphatic carbocycles. The predicted molar refractivity (Wildman–Crippen MR) is 70.1 cm³/mol. The fourth-order valence-electron chi connectivity index (χ4n) is 1.50. The third-order valence-corrected chi connectivity index (χ3v) is 2.31. The molecular formula is C13H20FN3O2. The number of alkyl carbamates (subject to hydrolysis) is 1. The Hall–Kier alpha value is -1.69. The fourth-order valence-corrected chi connectivity index (χ4v) is 1.50. The number of pyridine rings is 1. The van der Waals surface area contributed by atoms with Gasteiger partial charge in [-0.2, -0.15) is 4.39 Å². The number of nitrogens with two attached hydrogens (primary N) is 1. The molecule has 1 amide bonds. The van der Waals surface area contributed by atoms with Crippen molar-refractivity contribution in [2.24, 2.45) is 5.73 Å². The van der Waals surface area contributed by atoms with Crippen LogP contribution in [0.5, 0.6) is 0 Å². The minimum atomic E-state index is -0.581. The Morgan fingerprint density at radius 1 is 1.58 bits per heavy atom. The molecule has 0 aliphatic rings. The summed E-state index contributed by atoms with van der Waals surface area (Å²) in [6.07, 6.45) is 1.08. The van der Waals surface area contributed by atoms with Gasteiger partial charge in [0.15, 0.2) is 0 Å². The van der Waals surface area contributed by atoms with Crippen LogP contribution in [0, 0.1) is 5.95 Å². The summed E-state index contributed by atoms with van der Waals surface area (Å²) in [7, 11) is 0. The summed E-state index contributed by atoms with van der Waals surface area (Å²) in [5.41, 5.74) is 5.40. The smallest absolute Gasteiger partial charge is 0.407 e. The van der Waals surface area contributed by atoms with Gasteiger partial charge < -0.3 is 15.8 Å². The van der Waals surface area contributed by atoms with Crippen LogP contribution in [0.1, 0.15) is 26.3 Å². The Morgan fingerprint density at radius 2 is 2.26 bits per heavy atom. The first-order valence-electron chi connectivity index (χ1n) is 6.11. The van der Waals surface area contributed by atoms with E-state index in [0.717, 1.165) is 0 Å². The highest BCUT2D eigenvalue weighted by molar-refractivity contribution is 5.68. The van der Waals surface area contributed by atoms with Gasteiger partial charge >= 0.3 is 6.09 Å². The molecule has 5 nitrogen and oxygen atoms in total. The highest BCUT2D eigenvalue weighted by atomic mass is 19.1. The number of hydrogen-bond donors (Lipinski definition) is 2. The molecule has 1 unspecified atom stereocenters. The van der Waals surface area contributed by atoms with E-state index in [1.165, 1.54) is 6.20 Å². The van der Waals surface area contributed by atoms with Crippen LogP contribution in [-0.2, 0) is 11.2 Å². The average molecular weight is 269 g/mol. The molecule has 106 valence electrons. The zero-order valence-corrected chi connectivity index (χ0v) is 11.4. The monoisotopic (exact) mass is 269 g/mol. The molecule has 0 bridgehead atoms. The van der Waals surface area contributed by atoms with E-state index < -0.39 is 23.7 Å². The lowest BCUT2D eigenvalue weighted by molar-refractivity contribution is 0.0505. The van der Waals surface area contributed by atoms with Gasteiger partial charge in [0, 0.05) is 24.3 Å². The lowest BCUT2D eigenvalue weighted by Gasteiger charge is -2.23. The number of amides is 1. The molecular weight excluding hydrogens is 249 g/mol. The molecule has 0 radical (unpaired) electrons. The van der Waals surface area contributed by atoms with Crippen LogP contribution in [0.15, 0.2) is 18.3 Å². The number of halogens is 1. The van der Waals surface area contributed by atoms with Gasteiger partial charge in [-0.3, -0.25) is 0 Å². The number of aromatic nitrogens is 1. The second-order valence-corrected chi connectivity index (χ2v) is 5.24. The van der Waals surface area contributed by atoms with Crippen LogP contribution in [0.25, 0.3) is 0 Å². The summed E-state index contributed by atoms with van der Waals surface area (Å²) in [6.45, 7) is 5.49. The normalized spacial score (nSPS) is 12.9. The van der Waals surface area contributed by atoms with Gasteiger partial charge in [0.05, 0.1) is 0 Å². The maximum Gasteiger partial charge on any atom is 0.407 e. The van der Waals surface area contributed by atoms with Gasteiger partial charge in [-0.1, -0.05) is 6.07 Å². The third kappa shape index (κ3) is 5.65. The van der Waals surface area contributed by atoms with E-state index in [-0.39, 0.29) is 13.0 Å². The molecule has 3 N–H and O–H groups in total. The van der Waals surface area contributed by atoms with E-state index in [2.05, 4.69) is 10.3 Å². The van der Waals surface area contributed by atoms with Crippen molar-refractivity contribution in [1.82, 2.24) is 10.3 Å². The zero-order valence-electron chi connectivity index (χ0n) is 11.4. The van der Waals surface area contributed by atoms with E-state index in [1.54, 1.807) is 32.9 Å². The Bertz CT molecular complexity index is 432. The van der Waals surface area contributed by atoms with Crippen molar-refractivity contribution >= 4 is 6.09 Å². The molecule has 1 aromatic rings. The maximum absolute atomic E-state index is 13.4. The van der Waals surface area contributed by atoms with Crippen molar-refractivity contribution in [3.8, 4) is 0 Å². The van der Waals surface area contributed by atoms with Gasteiger partial charge in [0.25, 0.3) is 0 Å². The quantitative estimate of drug-likeness (QED) is 0.814. The van der Waals surface area contributed by atoms with Gasteiger partial charge in [-0.05, 0) is 33.3 Å². The second kappa shape index (κ2) is 6.47. The molecule has 6 heteroatoms. The molecule has 0 fully saturated rings. The fraction of sp³-hybridized carbons (Fsp3) is 0.538. The molecule has 0 saturated heterocycles. The topological polar surface area (TPSA) is 77.2 Å². The van der Waals surface area contributed by atoms with Crippen molar-refractivity contribution in [2.75, 3.05) is 6.54 Å². The number of ether oxygens (including phenoxy) is 1. The Morgan fingerprint density at radius 3 is 2.79 bits per heavy atom. The second-order valence-electron chi connectivity index (χ2n) is 5.24. The lowest BCUT2D eigenvalue weighted by atomic mass is 10.1. The van der Waals surface area contributed by atoms with Gasteiger partial charge in [0.1, 0.15) is 5.60 Å². The predicted octanol–water partition coefficient (Wildman–Crippen LogP) is 1.62. The van der Waals surface area contributed by atoms with Crippen molar-refractivity contribution in [3.63, 3.8) is 0 Å². The highest BCUT2D eigenvalue weighted by Gasteiger charge is 2.19. The van der Waals surface area contributed by atoms with Crippen LogP contribution in [0.2, 0.25) is 0 Å². The number of hydrogen-bond acceptors (Lipinski definition) is 4. The Balaban J connectivity index is 2.60. The zero-order chi connectivity index (χ0) is 14.5. The van der Waals surface area contributed by atoms with E-state index in [4.69, 9.17) is 10.5 Å². The number of nitrogens with one attached hydrogen (secondary N) is 1. The molecule has 1 rings (SSSR count). The molecule has 0 aliphatic heterocycles. The summed E-state index contributed by atoms with van der Waals surface area (Å²) in [5.74, 6) is -0.549. The average Bonchev–Trinajstić information content (AvgIpc) is 2.28. The number of rotatable bonds is 4. The highest BCUT2D eigenvalue weighted by Crippen LogP contribution is 2.09. The number of carbonyl (C=O) groups is 1. The maximum atomic E-state index is 13.4. The van der Waals surface area contributed by atoms with Crippen LogP contribution >= 0.6 is 0 Å². The Labute approximate surface area is 112 Å². The van der Waals surface area contributed by atoms with Crippen molar-refractivity contribution in [3.05, 3.63) is 29.8 Å². The van der Waals surface area contributed by atoms with Crippen LogP contribution in [-0.4, -0.2) is 29.3 Å². The molecule has 1 atom stereocenters. The molecule has 1 heterocycles. The largest absolute Gasteiger partial charge is 0.444 e. The summed E-state index contributed by atoms with van der Waals surface area (Å²) in [6, 6.07) is 2.86.